The Hall–Kier alpha value is -0.970. The normalized spacial score (nSPS) is 26.3. The van der Waals surface area contributed by atoms with Gasteiger partial charge in [-0.15, -0.1) is 6.42 Å². The smallest absolute Gasteiger partial charge is 0.177 e. The van der Waals surface area contributed by atoms with Crippen LogP contribution < -0.4 is 0 Å². The fourth-order valence-electron chi connectivity index (χ4n) is 1.12. The van der Waals surface area contributed by atoms with Crippen LogP contribution in [0.15, 0.2) is 24.3 Å². The number of terminal acetylenes is 1. The van der Waals surface area contributed by atoms with E-state index >= 15 is 0 Å². The number of halogens is 1. The average molecular weight is 179 g/mol. The summed E-state index contributed by atoms with van der Waals surface area (Å²) in [5.74, 6) is 2.62. The highest BCUT2D eigenvalue weighted by Crippen LogP contribution is 2.37. The molecule has 1 fully saturated rings. The van der Waals surface area contributed by atoms with E-state index in [4.69, 9.17) is 22.8 Å². The van der Waals surface area contributed by atoms with E-state index in [1.807, 2.05) is 24.3 Å². The molecule has 2 heteroatoms. The molecule has 0 bridgehead atoms. The molecule has 1 aromatic rings. The van der Waals surface area contributed by atoms with Crippen molar-refractivity contribution < 1.29 is 4.74 Å². The van der Waals surface area contributed by atoms with Crippen LogP contribution in [-0.2, 0) is 10.3 Å². The quantitative estimate of drug-likeness (QED) is 0.475. The Morgan fingerprint density at radius 2 is 2.00 bits per heavy atom. The minimum absolute atomic E-state index is 0.454. The molecule has 0 spiro atoms. The Balaban J connectivity index is 2.37. The fraction of sp³-hybridized carbons (Fsp3) is 0.200. The standard InChI is InChI=1S/C10H7ClO/c1-2-10(7-12-10)8-3-5-9(11)6-4-8/h1,3-6H,7H2. The molecule has 0 aromatic heterocycles. The molecular weight excluding hydrogens is 172 g/mol. The molecule has 60 valence electrons. The summed E-state index contributed by atoms with van der Waals surface area (Å²) in [5.41, 5.74) is 0.555. The summed E-state index contributed by atoms with van der Waals surface area (Å²) in [6.45, 7) is 0.616. The van der Waals surface area contributed by atoms with Gasteiger partial charge in [-0.3, -0.25) is 0 Å². The Morgan fingerprint density at radius 3 is 2.42 bits per heavy atom. The monoisotopic (exact) mass is 178 g/mol. The minimum Gasteiger partial charge on any atom is -0.351 e. The zero-order valence-electron chi connectivity index (χ0n) is 6.38. The number of rotatable bonds is 1. The van der Waals surface area contributed by atoms with E-state index in [0.717, 1.165) is 5.56 Å². The van der Waals surface area contributed by atoms with Gasteiger partial charge in [-0.2, -0.15) is 0 Å². The summed E-state index contributed by atoms with van der Waals surface area (Å²) < 4.78 is 5.19. The molecule has 1 heterocycles. The molecule has 1 saturated heterocycles. The van der Waals surface area contributed by atoms with Crippen molar-refractivity contribution in [2.45, 2.75) is 5.60 Å². The third-order valence-electron chi connectivity index (χ3n) is 1.98. The summed E-state index contributed by atoms with van der Waals surface area (Å²) in [5, 5.41) is 0.714. The lowest BCUT2D eigenvalue weighted by atomic mass is 10.0. The topological polar surface area (TPSA) is 12.5 Å². The second-order valence-electron chi connectivity index (χ2n) is 2.77. The summed E-state index contributed by atoms with van der Waals surface area (Å²) in [6, 6.07) is 7.43. The van der Waals surface area contributed by atoms with E-state index in [0.29, 0.717) is 11.6 Å². The van der Waals surface area contributed by atoms with Gasteiger partial charge >= 0.3 is 0 Å². The second-order valence-corrected chi connectivity index (χ2v) is 3.20. The van der Waals surface area contributed by atoms with E-state index < -0.39 is 5.60 Å². The molecule has 12 heavy (non-hydrogen) atoms. The van der Waals surface area contributed by atoms with Crippen LogP contribution in [0.4, 0.5) is 0 Å². The van der Waals surface area contributed by atoms with Crippen LogP contribution in [0.25, 0.3) is 0 Å². The van der Waals surface area contributed by atoms with Gasteiger partial charge in [0.15, 0.2) is 5.60 Å². The summed E-state index contributed by atoms with van der Waals surface area (Å²) in [4.78, 5) is 0. The first-order valence-corrected chi connectivity index (χ1v) is 4.02. The molecule has 0 aliphatic carbocycles. The van der Waals surface area contributed by atoms with E-state index in [-0.39, 0.29) is 0 Å². The average Bonchev–Trinajstić information content (AvgIpc) is 2.86. The van der Waals surface area contributed by atoms with Crippen molar-refractivity contribution in [3.05, 3.63) is 34.9 Å². The van der Waals surface area contributed by atoms with Gasteiger partial charge in [0.1, 0.15) is 0 Å². The van der Waals surface area contributed by atoms with Gasteiger partial charge in [-0.05, 0) is 17.7 Å². The van der Waals surface area contributed by atoms with Gasteiger partial charge in [0, 0.05) is 5.02 Å². The van der Waals surface area contributed by atoms with Crippen molar-refractivity contribution in [1.82, 2.24) is 0 Å². The molecule has 2 rings (SSSR count). The lowest BCUT2D eigenvalue weighted by Crippen LogP contribution is -2.03. The van der Waals surface area contributed by atoms with Gasteiger partial charge in [-0.25, -0.2) is 0 Å². The molecule has 0 amide bonds. The molecular formula is C10H7ClO. The van der Waals surface area contributed by atoms with E-state index in [1.54, 1.807) is 0 Å². The third-order valence-corrected chi connectivity index (χ3v) is 2.23. The van der Waals surface area contributed by atoms with E-state index in [9.17, 15) is 0 Å². The summed E-state index contributed by atoms with van der Waals surface area (Å²) in [7, 11) is 0. The first kappa shape index (κ1) is 7.67. The first-order chi connectivity index (χ1) is 5.77. The number of epoxide rings is 1. The third kappa shape index (κ3) is 1.10. The largest absolute Gasteiger partial charge is 0.351 e. The van der Waals surface area contributed by atoms with Crippen LogP contribution in [-0.4, -0.2) is 6.61 Å². The zero-order valence-corrected chi connectivity index (χ0v) is 7.14. The van der Waals surface area contributed by atoms with Gasteiger partial charge in [0.2, 0.25) is 0 Å². The number of benzene rings is 1. The lowest BCUT2D eigenvalue weighted by molar-refractivity contribution is 0.366. The van der Waals surface area contributed by atoms with Crippen LogP contribution in [0.3, 0.4) is 0 Å². The maximum atomic E-state index is 5.73. The fourth-order valence-corrected chi connectivity index (χ4v) is 1.25. The van der Waals surface area contributed by atoms with Crippen molar-refractivity contribution in [3.8, 4) is 12.3 Å². The molecule has 1 atom stereocenters. The van der Waals surface area contributed by atoms with Crippen LogP contribution in [0.2, 0.25) is 5.02 Å². The molecule has 1 aliphatic rings. The highest BCUT2D eigenvalue weighted by molar-refractivity contribution is 6.30. The molecule has 1 aliphatic heterocycles. The van der Waals surface area contributed by atoms with Crippen molar-refractivity contribution in [2.24, 2.45) is 0 Å². The lowest BCUT2D eigenvalue weighted by Gasteiger charge is -2.03. The van der Waals surface area contributed by atoms with Crippen molar-refractivity contribution in [1.29, 1.82) is 0 Å². The van der Waals surface area contributed by atoms with Gasteiger partial charge in [-0.1, -0.05) is 29.7 Å². The number of hydrogen-bond acceptors (Lipinski definition) is 1. The Bertz CT molecular complexity index is 330. The summed E-state index contributed by atoms with van der Waals surface area (Å²) in [6.07, 6.45) is 5.33. The van der Waals surface area contributed by atoms with Gasteiger partial charge in [0.25, 0.3) is 0 Å². The Morgan fingerprint density at radius 1 is 1.42 bits per heavy atom. The maximum Gasteiger partial charge on any atom is 0.177 e. The second kappa shape index (κ2) is 2.52. The van der Waals surface area contributed by atoms with Crippen molar-refractivity contribution in [3.63, 3.8) is 0 Å². The van der Waals surface area contributed by atoms with Crippen LogP contribution in [0, 0.1) is 12.3 Å². The van der Waals surface area contributed by atoms with Crippen LogP contribution >= 0.6 is 11.6 Å². The van der Waals surface area contributed by atoms with Crippen LogP contribution in [0.5, 0.6) is 0 Å². The molecule has 1 unspecified atom stereocenters. The zero-order chi connectivity index (χ0) is 8.60. The van der Waals surface area contributed by atoms with Gasteiger partial charge < -0.3 is 4.74 Å². The van der Waals surface area contributed by atoms with Gasteiger partial charge in [0.05, 0.1) is 6.61 Å². The highest BCUT2D eigenvalue weighted by atomic mass is 35.5. The van der Waals surface area contributed by atoms with E-state index in [2.05, 4.69) is 5.92 Å². The van der Waals surface area contributed by atoms with Crippen molar-refractivity contribution in [2.75, 3.05) is 6.61 Å². The summed E-state index contributed by atoms with van der Waals surface area (Å²) >= 11 is 5.73. The maximum absolute atomic E-state index is 5.73. The predicted molar refractivity (Wildman–Crippen MR) is 47.9 cm³/mol. The number of ether oxygens (including phenoxy) is 1. The Kier molecular flexibility index (Phi) is 1.61. The SMILES string of the molecule is C#CC1(c2ccc(Cl)cc2)CO1. The number of hydrogen-bond donors (Lipinski definition) is 0. The molecule has 0 N–H and O–H groups in total. The molecule has 1 nitrogen and oxygen atoms in total. The van der Waals surface area contributed by atoms with Crippen molar-refractivity contribution >= 4 is 11.6 Å². The highest BCUT2D eigenvalue weighted by Gasteiger charge is 2.44. The molecule has 0 radical (unpaired) electrons. The van der Waals surface area contributed by atoms with Crippen LogP contribution in [0.1, 0.15) is 5.56 Å². The Labute approximate surface area is 76.3 Å². The minimum atomic E-state index is -0.454. The predicted octanol–water partition coefficient (Wildman–Crippen LogP) is 2.20. The first-order valence-electron chi connectivity index (χ1n) is 3.65. The molecule has 0 saturated carbocycles. The van der Waals surface area contributed by atoms with E-state index in [1.165, 1.54) is 0 Å². The molecule has 1 aromatic carbocycles.